The smallest absolute Gasteiger partial charge is 0.354 e. The number of aliphatic hydroxyl groups is 1. The number of aliphatic hydroxyl groups excluding tert-OH is 1. The van der Waals surface area contributed by atoms with Crippen LogP contribution in [0.3, 0.4) is 0 Å². The van der Waals surface area contributed by atoms with Gasteiger partial charge in [0.15, 0.2) is 5.96 Å². The van der Waals surface area contributed by atoms with Crippen LogP contribution in [0, 0.1) is 0 Å². The summed E-state index contributed by atoms with van der Waals surface area (Å²) in [6, 6.07) is 15.0. The summed E-state index contributed by atoms with van der Waals surface area (Å²) in [5.41, 5.74) is 20.3. The van der Waals surface area contributed by atoms with E-state index in [0.29, 0.717) is 48.1 Å². The maximum atomic E-state index is 12.8. The first-order valence-corrected chi connectivity index (χ1v) is 12.9. The lowest BCUT2D eigenvalue weighted by Crippen LogP contribution is -2.23. The number of nitrogens with one attached hydrogen (secondary N) is 2. The summed E-state index contributed by atoms with van der Waals surface area (Å²) in [6.07, 6.45) is 3.25. The molecule has 200 valence electrons. The van der Waals surface area contributed by atoms with Crippen molar-refractivity contribution in [2.24, 2.45) is 22.2 Å². The normalized spacial score (nSPS) is 12.1. The molecule has 0 saturated heterocycles. The van der Waals surface area contributed by atoms with Crippen molar-refractivity contribution in [3.63, 3.8) is 0 Å². The number of hydrogen-bond donors (Lipinski definition) is 6. The van der Waals surface area contributed by atoms with E-state index in [0.717, 1.165) is 41.5 Å². The average Bonchev–Trinajstić information content (AvgIpc) is 3.31. The van der Waals surface area contributed by atoms with Gasteiger partial charge in [0, 0.05) is 41.0 Å². The summed E-state index contributed by atoms with van der Waals surface area (Å²) in [7, 11) is 0. The Balaban J connectivity index is 1.51. The second kappa shape index (κ2) is 12.7. The predicted octanol–water partition coefficient (Wildman–Crippen LogP) is 2.56. The Labute approximate surface area is 225 Å². The number of nitrogens with zero attached hydrogens (tertiary/aromatic N) is 3. The number of rotatable bonds is 12. The quantitative estimate of drug-likeness (QED) is 0.0916. The van der Waals surface area contributed by atoms with Gasteiger partial charge in [-0.05, 0) is 73.8 Å². The van der Waals surface area contributed by atoms with Crippen LogP contribution in [-0.2, 0) is 6.54 Å². The van der Waals surface area contributed by atoms with Crippen molar-refractivity contribution in [2.45, 2.75) is 31.9 Å². The molecule has 10 nitrogen and oxygen atoms in total. The Morgan fingerprint density at radius 2 is 1.95 bits per heavy atom. The molecule has 2 heterocycles. The lowest BCUT2D eigenvalue weighted by Gasteiger charge is -2.12. The van der Waals surface area contributed by atoms with Crippen molar-refractivity contribution in [2.75, 3.05) is 19.6 Å². The molecule has 0 radical (unpaired) electrons. The van der Waals surface area contributed by atoms with Crippen molar-refractivity contribution in [1.29, 1.82) is 0 Å². The number of guanidine groups is 1. The van der Waals surface area contributed by atoms with Crippen molar-refractivity contribution >= 4 is 28.6 Å². The molecule has 11 heteroatoms. The largest absolute Gasteiger partial charge is 0.388 e. The summed E-state index contributed by atoms with van der Waals surface area (Å²) in [5, 5.41) is 15.1. The molecule has 38 heavy (non-hydrogen) atoms. The first-order chi connectivity index (χ1) is 18.4. The maximum Gasteiger partial charge on any atom is 0.354 e. The van der Waals surface area contributed by atoms with Gasteiger partial charge in [0.05, 0.1) is 11.8 Å². The van der Waals surface area contributed by atoms with E-state index in [-0.39, 0.29) is 5.96 Å². The molecule has 0 aliphatic rings. The standard InChI is InChI=1S/C27H33ClN8O2/c28-22-9-6-18(24(37)3-1-10-29)13-21(22)23-14-19-16-36(27(38)35-25(19)34-23)20-7-4-17(5-8-20)15-32-11-2-12-33-26(30)31/h4-9,13-14,16,24,32,37H,1-3,10-12,15,29H2,(H4,30,31,33)(H,34,35,38). The number of hydrogen-bond acceptors (Lipinski definition) is 6. The number of aromatic nitrogens is 3. The lowest BCUT2D eigenvalue weighted by atomic mass is 10.0. The second-order valence-electron chi connectivity index (χ2n) is 9.07. The minimum Gasteiger partial charge on any atom is -0.388 e. The number of benzene rings is 2. The van der Waals surface area contributed by atoms with Crippen LogP contribution in [0.15, 0.2) is 64.5 Å². The molecular weight excluding hydrogens is 504 g/mol. The van der Waals surface area contributed by atoms with Gasteiger partial charge in [0.25, 0.3) is 0 Å². The minimum absolute atomic E-state index is 0.103. The van der Waals surface area contributed by atoms with Crippen molar-refractivity contribution in [1.82, 2.24) is 19.9 Å². The Kier molecular flexibility index (Phi) is 9.14. The Hall–Kier alpha value is -3.70. The summed E-state index contributed by atoms with van der Waals surface area (Å²) >= 11 is 6.48. The van der Waals surface area contributed by atoms with Crippen LogP contribution < -0.4 is 28.2 Å². The molecular formula is C27H33ClN8O2. The number of halogens is 1. The van der Waals surface area contributed by atoms with E-state index < -0.39 is 11.8 Å². The number of nitrogens with two attached hydrogens (primary N) is 3. The van der Waals surface area contributed by atoms with Gasteiger partial charge >= 0.3 is 5.69 Å². The van der Waals surface area contributed by atoms with E-state index in [1.165, 1.54) is 4.57 Å². The molecule has 4 aromatic rings. The molecule has 1 atom stereocenters. The van der Waals surface area contributed by atoms with Crippen molar-refractivity contribution < 1.29 is 5.11 Å². The van der Waals surface area contributed by atoms with Gasteiger partial charge in [0.1, 0.15) is 5.65 Å². The fourth-order valence-electron chi connectivity index (χ4n) is 4.18. The molecule has 2 aromatic heterocycles. The molecule has 1 unspecified atom stereocenters. The van der Waals surface area contributed by atoms with Crippen LogP contribution in [0.2, 0.25) is 5.02 Å². The van der Waals surface area contributed by atoms with Gasteiger partial charge in [-0.15, -0.1) is 0 Å². The van der Waals surface area contributed by atoms with Gasteiger partial charge < -0.3 is 32.6 Å². The zero-order chi connectivity index (χ0) is 27.1. The third-order valence-corrected chi connectivity index (χ3v) is 6.53. The number of H-pyrrole nitrogens is 1. The highest BCUT2D eigenvalue weighted by Gasteiger charge is 2.14. The van der Waals surface area contributed by atoms with E-state index in [1.807, 2.05) is 42.5 Å². The highest BCUT2D eigenvalue weighted by atomic mass is 35.5. The van der Waals surface area contributed by atoms with Gasteiger partial charge in [-0.3, -0.25) is 9.56 Å². The maximum absolute atomic E-state index is 12.8. The fourth-order valence-corrected chi connectivity index (χ4v) is 4.40. The van der Waals surface area contributed by atoms with E-state index >= 15 is 0 Å². The first kappa shape index (κ1) is 27.3. The first-order valence-electron chi connectivity index (χ1n) is 12.5. The average molecular weight is 537 g/mol. The van der Waals surface area contributed by atoms with Crippen molar-refractivity contribution in [3.05, 3.63) is 81.4 Å². The van der Waals surface area contributed by atoms with Crippen LogP contribution in [0.5, 0.6) is 0 Å². The highest BCUT2D eigenvalue weighted by molar-refractivity contribution is 6.33. The lowest BCUT2D eigenvalue weighted by molar-refractivity contribution is 0.165. The minimum atomic E-state index is -0.629. The molecule has 9 N–H and O–H groups in total. The molecule has 0 bridgehead atoms. The molecule has 0 saturated carbocycles. The fraction of sp³-hybridized carbons (Fsp3) is 0.296. The summed E-state index contributed by atoms with van der Waals surface area (Å²) in [6.45, 7) is 2.58. The van der Waals surface area contributed by atoms with Crippen LogP contribution in [0.25, 0.3) is 28.0 Å². The predicted molar refractivity (Wildman–Crippen MR) is 152 cm³/mol. The van der Waals surface area contributed by atoms with Gasteiger partial charge in [-0.25, -0.2) is 4.79 Å². The third-order valence-electron chi connectivity index (χ3n) is 6.20. The third kappa shape index (κ3) is 6.78. The number of fused-ring (bicyclic) bond motifs is 1. The highest BCUT2D eigenvalue weighted by Crippen LogP contribution is 2.32. The molecule has 0 aliphatic carbocycles. The van der Waals surface area contributed by atoms with Crippen LogP contribution in [0.4, 0.5) is 0 Å². The molecule has 0 fully saturated rings. The summed E-state index contributed by atoms with van der Waals surface area (Å²) < 4.78 is 1.51. The van der Waals surface area contributed by atoms with E-state index in [1.54, 1.807) is 12.3 Å². The number of aliphatic imine (C=N–C) groups is 1. The van der Waals surface area contributed by atoms with Crippen LogP contribution in [-0.4, -0.2) is 45.2 Å². The zero-order valence-corrected chi connectivity index (χ0v) is 21.8. The van der Waals surface area contributed by atoms with Crippen LogP contribution in [0.1, 0.15) is 36.5 Å². The Bertz CT molecular complexity index is 1460. The van der Waals surface area contributed by atoms with E-state index in [4.69, 9.17) is 28.8 Å². The second-order valence-corrected chi connectivity index (χ2v) is 9.48. The number of aromatic amines is 1. The van der Waals surface area contributed by atoms with E-state index in [9.17, 15) is 9.90 Å². The summed E-state index contributed by atoms with van der Waals surface area (Å²) in [4.78, 5) is 24.2. The molecule has 2 aromatic carbocycles. The zero-order valence-electron chi connectivity index (χ0n) is 21.0. The molecule has 4 rings (SSSR count). The SMILES string of the molecule is NCCCC(O)c1ccc(Cl)c(-c2cc3cn(-c4ccc(CNCCCN=C(N)N)cc4)c(=O)nc3[nH]2)c1. The van der Waals surface area contributed by atoms with Crippen molar-refractivity contribution in [3.8, 4) is 16.9 Å². The monoisotopic (exact) mass is 536 g/mol. The van der Waals surface area contributed by atoms with E-state index in [2.05, 4.69) is 20.3 Å². The molecule has 0 amide bonds. The van der Waals surface area contributed by atoms with Gasteiger partial charge in [-0.1, -0.05) is 29.8 Å². The molecule has 0 aliphatic heterocycles. The Morgan fingerprint density at radius 1 is 1.16 bits per heavy atom. The molecule has 0 spiro atoms. The topological polar surface area (TPSA) is 173 Å². The van der Waals surface area contributed by atoms with Gasteiger partial charge in [-0.2, -0.15) is 4.98 Å². The Morgan fingerprint density at radius 3 is 2.68 bits per heavy atom. The van der Waals surface area contributed by atoms with Gasteiger partial charge in [0.2, 0.25) is 0 Å². The van der Waals surface area contributed by atoms with Crippen LogP contribution >= 0.6 is 11.6 Å². The summed E-state index contributed by atoms with van der Waals surface area (Å²) in [5.74, 6) is 0.103.